The highest BCUT2D eigenvalue weighted by Gasteiger charge is 2.10. The van der Waals surface area contributed by atoms with Crippen molar-refractivity contribution in [2.45, 2.75) is 19.8 Å². The maximum atomic E-state index is 9.55. The molecule has 0 spiro atoms. The Morgan fingerprint density at radius 3 is 2.54 bits per heavy atom. The van der Waals surface area contributed by atoms with Crippen LogP contribution in [0.5, 0.6) is 5.75 Å². The first-order chi connectivity index (χ1) is 6.06. The minimum Gasteiger partial charge on any atom is -0.505 e. The van der Waals surface area contributed by atoms with E-state index in [1.165, 1.54) is 6.07 Å². The lowest BCUT2D eigenvalue weighted by Crippen LogP contribution is -1.95. The van der Waals surface area contributed by atoms with Gasteiger partial charge in [0.05, 0.1) is 17.3 Å². The Morgan fingerprint density at radius 1 is 1.46 bits per heavy atom. The van der Waals surface area contributed by atoms with Gasteiger partial charge in [-0.2, -0.15) is 5.26 Å². The number of aromatic hydroxyl groups is 1. The monoisotopic (exact) mass is 176 g/mol. The third-order valence-electron chi connectivity index (χ3n) is 1.92. The topological polar surface area (TPSA) is 70.0 Å². The molecule has 68 valence electrons. The van der Waals surface area contributed by atoms with Crippen LogP contribution in [-0.4, -0.2) is 5.11 Å². The van der Waals surface area contributed by atoms with Gasteiger partial charge in [0.1, 0.15) is 5.75 Å². The van der Waals surface area contributed by atoms with Crippen LogP contribution in [0.1, 0.15) is 30.9 Å². The number of hydrogen-bond acceptors (Lipinski definition) is 3. The van der Waals surface area contributed by atoms with Crippen molar-refractivity contribution < 1.29 is 5.11 Å². The molecule has 1 aromatic rings. The Morgan fingerprint density at radius 2 is 2.08 bits per heavy atom. The predicted octanol–water partition coefficient (Wildman–Crippen LogP) is 1.97. The molecule has 0 atom stereocenters. The molecule has 3 nitrogen and oxygen atoms in total. The van der Waals surface area contributed by atoms with E-state index in [-0.39, 0.29) is 17.4 Å². The minimum absolute atomic E-state index is 0.0917. The van der Waals surface area contributed by atoms with Crippen molar-refractivity contribution in [3.8, 4) is 11.8 Å². The number of phenolic OH excluding ortho intramolecular Hbond substituents is 1. The number of benzene rings is 1. The number of nitriles is 1. The first kappa shape index (κ1) is 9.40. The van der Waals surface area contributed by atoms with Crippen LogP contribution >= 0.6 is 0 Å². The average molecular weight is 176 g/mol. The van der Waals surface area contributed by atoms with Crippen LogP contribution in [0.2, 0.25) is 0 Å². The van der Waals surface area contributed by atoms with Gasteiger partial charge in [0, 0.05) is 0 Å². The largest absolute Gasteiger partial charge is 0.505 e. The first-order valence-electron chi connectivity index (χ1n) is 4.08. The second-order valence-electron chi connectivity index (χ2n) is 3.27. The van der Waals surface area contributed by atoms with Crippen molar-refractivity contribution >= 4 is 5.69 Å². The number of nitrogen functional groups attached to an aromatic ring is 1. The molecule has 0 heterocycles. The summed E-state index contributed by atoms with van der Waals surface area (Å²) in [4.78, 5) is 0. The Labute approximate surface area is 77.4 Å². The Hall–Kier alpha value is -1.69. The lowest BCUT2D eigenvalue weighted by Gasteiger charge is -2.10. The van der Waals surface area contributed by atoms with Crippen LogP contribution in [-0.2, 0) is 0 Å². The Kier molecular flexibility index (Phi) is 2.43. The molecule has 1 aromatic carbocycles. The lowest BCUT2D eigenvalue weighted by molar-refractivity contribution is 0.467. The molecule has 0 fully saturated rings. The molecule has 1 rings (SSSR count). The van der Waals surface area contributed by atoms with E-state index >= 15 is 0 Å². The third kappa shape index (κ3) is 1.73. The van der Waals surface area contributed by atoms with Crippen LogP contribution in [0.3, 0.4) is 0 Å². The first-order valence-corrected chi connectivity index (χ1v) is 4.08. The second-order valence-corrected chi connectivity index (χ2v) is 3.27. The van der Waals surface area contributed by atoms with E-state index < -0.39 is 0 Å². The van der Waals surface area contributed by atoms with Gasteiger partial charge in [0.25, 0.3) is 0 Å². The summed E-state index contributed by atoms with van der Waals surface area (Å²) in [5, 5.41) is 18.2. The van der Waals surface area contributed by atoms with Gasteiger partial charge in [-0.15, -0.1) is 0 Å². The quantitative estimate of drug-likeness (QED) is 0.507. The van der Waals surface area contributed by atoms with Crippen molar-refractivity contribution in [1.82, 2.24) is 0 Å². The molecule has 0 amide bonds. The third-order valence-corrected chi connectivity index (χ3v) is 1.92. The molecule has 3 N–H and O–H groups in total. The van der Waals surface area contributed by atoms with E-state index in [1.54, 1.807) is 6.07 Å². The van der Waals surface area contributed by atoms with Gasteiger partial charge in [-0.05, 0) is 23.6 Å². The fourth-order valence-electron chi connectivity index (χ4n) is 1.18. The lowest BCUT2D eigenvalue weighted by atomic mass is 9.99. The van der Waals surface area contributed by atoms with Crippen molar-refractivity contribution in [2.75, 3.05) is 5.73 Å². The Bertz CT molecular complexity index is 364. The van der Waals surface area contributed by atoms with Crippen LogP contribution in [0.4, 0.5) is 5.69 Å². The minimum atomic E-state index is 0.0917. The smallest absolute Gasteiger partial charge is 0.141 e. The molecule has 0 aliphatic carbocycles. The molecular weight excluding hydrogens is 164 g/mol. The molecule has 0 saturated heterocycles. The SMILES string of the molecule is CC(C)c1cc(C#N)cc(N)c1O. The molecule has 0 saturated carbocycles. The summed E-state index contributed by atoms with van der Waals surface area (Å²) in [5.41, 5.74) is 7.00. The van der Waals surface area contributed by atoms with Gasteiger partial charge in [-0.25, -0.2) is 0 Å². The number of nitrogens with zero attached hydrogens (tertiary/aromatic N) is 1. The number of rotatable bonds is 1. The van der Waals surface area contributed by atoms with Gasteiger partial charge in [-0.1, -0.05) is 13.8 Å². The summed E-state index contributed by atoms with van der Waals surface area (Å²) in [6.45, 7) is 3.88. The molecule has 0 aliphatic rings. The standard InChI is InChI=1S/C10H12N2O/c1-6(2)8-3-7(5-11)4-9(12)10(8)13/h3-4,6,13H,12H2,1-2H3. The highest BCUT2D eigenvalue weighted by Crippen LogP contribution is 2.31. The summed E-state index contributed by atoms with van der Waals surface area (Å²) in [6.07, 6.45) is 0. The van der Waals surface area contributed by atoms with E-state index in [0.29, 0.717) is 5.56 Å². The van der Waals surface area contributed by atoms with E-state index in [2.05, 4.69) is 0 Å². The average Bonchev–Trinajstić information content (AvgIpc) is 2.09. The normalized spacial score (nSPS) is 10.0. The van der Waals surface area contributed by atoms with Gasteiger partial charge in [0.15, 0.2) is 0 Å². The fraction of sp³-hybridized carbons (Fsp3) is 0.300. The number of phenols is 1. The molecule has 0 unspecified atom stereocenters. The maximum Gasteiger partial charge on any atom is 0.141 e. The van der Waals surface area contributed by atoms with Crippen molar-refractivity contribution in [3.05, 3.63) is 23.3 Å². The molecule has 13 heavy (non-hydrogen) atoms. The second kappa shape index (κ2) is 3.36. The van der Waals surface area contributed by atoms with Crippen molar-refractivity contribution in [2.24, 2.45) is 0 Å². The summed E-state index contributed by atoms with van der Waals surface area (Å²) in [7, 11) is 0. The zero-order valence-electron chi connectivity index (χ0n) is 7.70. The summed E-state index contributed by atoms with van der Waals surface area (Å²) in [6, 6.07) is 5.14. The van der Waals surface area contributed by atoms with Crippen LogP contribution in [0.15, 0.2) is 12.1 Å². The van der Waals surface area contributed by atoms with E-state index in [4.69, 9.17) is 11.0 Å². The van der Waals surface area contributed by atoms with Gasteiger partial charge < -0.3 is 10.8 Å². The molecule has 0 bridgehead atoms. The zero-order chi connectivity index (χ0) is 10.0. The molecular formula is C10H12N2O. The molecule has 0 aromatic heterocycles. The Balaban J connectivity index is 3.35. The van der Waals surface area contributed by atoms with Crippen molar-refractivity contribution in [1.29, 1.82) is 5.26 Å². The highest BCUT2D eigenvalue weighted by molar-refractivity contribution is 5.60. The number of anilines is 1. The summed E-state index contributed by atoms with van der Waals surface area (Å²) in [5.74, 6) is 0.254. The summed E-state index contributed by atoms with van der Waals surface area (Å²) < 4.78 is 0. The summed E-state index contributed by atoms with van der Waals surface area (Å²) >= 11 is 0. The number of nitrogens with two attached hydrogens (primary N) is 1. The molecule has 0 aliphatic heterocycles. The zero-order valence-corrected chi connectivity index (χ0v) is 7.70. The molecule has 3 heteroatoms. The van der Waals surface area contributed by atoms with Gasteiger partial charge >= 0.3 is 0 Å². The van der Waals surface area contributed by atoms with Crippen LogP contribution < -0.4 is 5.73 Å². The number of hydrogen-bond donors (Lipinski definition) is 2. The van der Waals surface area contributed by atoms with E-state index in [1.807, 2.05) is 19.9 Å². The van der Waals surface area contributed by atoms with Crippen LogP contribution in [0.25, 0.3) is 0 Å². The van der Waals surface area contributed by atoms with E-state index in [0.717, 1.165) is 5.56 Å². The molecule has 0 radical (unpaired) electrons. The van der Waals surface area contributed by atoms with Crippen molar-refractivity contribution in [3.63, 3.8) is 0 Å². The maximum absolute atomic E-state index is 9.55. The highest BCUT2D eigenvalue weighted by atomic mass is 16.3. The van der Waals surface area contributed by atoms with Crippen LogP contribution in [0, 0.1) is 11.3 Å². The van der Waals surface area contributed by atoms with Gasteiger partial charge in [-0.3, -0.25) is 0 Å². The van der Waals surface area contributed by atoms with Gasteiger partial charge in [0.2, 0.25) is 0 Å². The van der Waals surface area contributed by atoms with E-state index in [9.17, 15) is 5.11 Å². The fourth-order valence-corrected chi connectivity index (χ4v) is 1.18. The predicted molar refractivity (Wildman–Crippen MR) is 51.3 cm³/mol.